The monoisotopic (exact) mass is 252 g/mol. The largest absolute Gasteiger partial charge is 0.462 e. The Kier molecular flexibility index (Phi) is 6.39. The molecular formula is C14H20O4. The van der Waals surface area contributed by atoms with Gasteiger partial charge in [0.15, 0.2) is 0 Å². The molecule has 2 N–H and O–H groups in total. The standard InChI is InChI=1S/C14H20O4/c1-11(7-9-15)13(16)8-10-18-14(17)12-5-3-2-4-6-12/h2-6,11,13,15-16H,7-10H2,1H3. The van der Waals surface area contributed by atoms with Crippen molar-refractivity contribution in [2.75, 3.05) is 13.2 Å². The first-order chi connectivity index (χ1) is 8.65. The number of esters is 1. The molecule has 0 spiro atoms. The number of rotatable bonds is 7. The van der Waals surface area contributed by atoms with Crippen molar-refractivity contribution in [3.63, 3.8) is 0 Å². The number of carbonyl (C=O) groups is 1. The number of hydrogen-bond donors (Lipinski definition) is 2. The van der Waals surface area contributed by atoms with Crippen LogP contribution in [0, 0.1) is 5.92 Å². The molecule has 4 nitrogen and oxygen atoms in total. The number of hydrogen-bond acceptors (Lipinski definition) is 4. The normalized spacial score (nSPS) is 13.9. The zero-order valence-corrected chi connectivity index (χ0v) is 10.6. The Labute approximate surface area is 107 Å². The quantitative estimate of drug-likeness (QED) is 0.724. The summed E-state index contributed by atoms with van der Waals surface area (Å²) in [6, 6.07) is 8.75. The first-order valence-corrected chi connectivity index (χ1v) is 6.16. The van der Waals surface area contributed by atoms with Crippen molar-refractivity contribution in [3.05, 3.63) is 35.9 Å². The Hall–Kier alpha value is -1.39. The third-order valence-corrected chi connectivity index (χ3v) is 2.90. The van der Waals surface area contributed by atoms with E-state index < -0.39 is 6.10 Å². The highest BCUT2D eigenvalue weighted by Crippen LogP contribution is 2.11. The van der Waals surface area contributed by atoms with Crippen LogP contribution >= 0.6 is 0 Å². The second-order valence-corrected chi connectivity index (χ2v) is 4.35. The van der Waals surface area contributed by atoms with Crippen molar-refractivity contribution < 1.29 is 19.7 Å². The van der Waals surface area contributed by atoms with E-state index in [1.807, 2.05) is 13.0 Å². The van der Waals surface area contributed by atoms with Crippen molar-refractivity contribution in [1.29, 1.82) is 0 Å². The van der Waals surface area contributed by atoms with E-state index in [2.05, 4.69) is 0 Å². The van der Waals surface area contributed by atoms with Gasteiger partial charge < -0.3 is 14.9 Å². The predicted molar refractivity (Wildman–Crippen MR) is 68.2 cm³/mol. The van der Waals surface area contributed by atoms with Gasteiger partial charge in [0.05, 0.1) is 18.3 Å². The molecule has 0 bridgehead atoms. The van der Waals surface area contributed by atoms with E-state index in [9.17, 15) is 9.90 Å². The van der Waals surface area contributed by atoms with Crippen LogP contribution in [0.3, 0.4) is 0 Å². The van der Waals surface area contributed by atoms with Gasteiger partial charge in [-0.2, -0.15) is 0 Å². The van der Waals surface area contributed by atoms with Crippen LogP contribution in [0.2, 0.25) is 0 Å². The van der Waals surface area contributed by atoms with Gasteiger partial charge in [0.25, 0.3) is 0 Å². The maximum Gasteiger partial charge on any atom is 0.338 e. The van der Waals surface area contributed by atoms with Gasteiger partial charge in [-0.05, 0) is 24.5 Å². The van der Waals surface area contributed by atoms with Gasteiger partial charge in [-0.1, -0.05) is 25.1 Å². The van der Waals surface area contributed by atoms with Crippen LogP contribution in [0.1, 0.15) is 30.1 Å². The lowest BCUT2D eigenvalue weighted by Crippen LogP contribution is -2.21. The van der Waals surface area contributed by atoms with Crippen molar-refractivity contribution in [3.8, 4) is 0 Å². The Morgan fingerprint density at radius 2 is 1.94 bits per heavy atom. The van der Waals surface area contributed by atoms with Gasteiger partial charge in [0, 0.05) is 13.0 Å². The average Bonchev–Trinajstić information content (AvgIpc) is 2.39. The Balaban J connectivity index is 2.28. The topological polar surface area (TPSA) is 66.8 Å². The number of aliphatic hydroxyl groups is 2. The lowest BCUT2D eigenvalue weighted by molar-refractivity contribution is 0.0342. The molecule has 1 aromatic rings. The zero-order valence-electron chi connectivity index (χ0n) is 10.6. The first-order valence-electron chi connectivity index (χ1n) is 6.16. The molecule has 100 valence electrons. The second kappa shape index (κ2) is 7.84. The third-order valence-electron chi connectivity index (χ3n) is 2.90. The smallest absolute Gasteiger partial charge is 0.338 e. The zero-order chi connectivity index (χ0) is 13.4. The van der Waals surface area contributed by atoms with Crippen molar-refractivity contribution >= 4 is 5.97 Å². The van der Waals surface area contributed by atoms with Crippen LogP contribution < -0.4 is 0 Å². The summed E-state index contributed by atoms with van der Waals surface area (Å²) in [5.74, 6) is -0.372. The molecule has 0 amide bonds. The van der Waals surface area contributed by atoms with Gasteiger partial charge in [-0.25, -0.2) is 4.79 Å². The molecule has 0 heterocycles. The van der Waals surface area contributed by atoms with Gasteiger partial charge in [-0.15, -0.1) is 0 Å². The van der Waals surface area contributed by atoms with E-state index in [-0.39, 0.29) is 25.1 Å². The minimum absolute atomic E-state index is 0.00503. The van der Waals surface area contributed by atoms with Gasteiger partial charge in [0.1, 0.15) is 0 Å². The molecular weight excluding hydrogens is 232 g/mol. The van der Waals surface area contributed by atoms with Crippen molar-refractivity contribution in [2.45, 2.75) is 25.9 Å². The Bertz CT molecular complexity index is 350. The van der Waals surface area contributed by atoms with Crippen molar-refractivity contribution in [1.82, 2.24) is 0 Å². The van der Waals surface area contributed by atoms with Crippen LogP contribution in [0.15, 0.2) is 30.3 Å². The van der Waals surface area contributed by atoms with E-state index in [0.29, 0.717) is 18.4 Å². The lowest BCUT2D eigenvalue weighted by atomic mass is 9.99. The van der Waals surface area contributed by atoms with Crippen LogP contribution in [-0.4, -0.2) is 35.5 Å². The molecule has 0 saturated carbocycles. The highest BCUT2D eigenvalue weighted by Gasteiger charge is 2.14. The highest BCUT2D eigenvalue weighted by molar-refractivity contribution is 5.89. The maximum absolute atomic E-state index is 11.6. The number of benzene rings is 1. The number of carbonyl (C=O) groups excluding carboxylic acids is 1. The summed E-state index contributed by atoms with van der Waals surface area (Å²) in [5.41, 5.74) is 0.510. The molecule has 0 aliphatic heterocycles. The van der Waals surface area contributed by atoms with Crippen LogP contribution in [-0.2, 0) is 4.74 Å². The number of ether oxygens (including phenoxy) is 1. The molecule has 2 atom stereocenters. The molecule has 1 aromatic carbocycles. The molecule has 0 saturated heterocycles. The summed E-state index contributed by atoms with van der Waals surface area (Å²) in [7, 11) is 0. The van der Waals surface area contributed by atoms with Crippen LogP contribution in [0.4, 0.5) is 0 Å². The molecule has 4 heteroatoms. The van der Waals surface area contributed by atoms with Crippen LogP contribution in [0.5, 0.6) is 0 Å². The molecule has 1 rings (SSSR count). The molecule has 0 fully saturated rings. The van der Waals surface area contributed by atoms with E-state index in [4.69, 9.17) is 9.84 Å². The van der Waals surface area contributed by atoms with E-state index >= 15 is 0 Å². The fourth-order valence-corrected chi connectivity index (χ4v) is 1.61. The molecule has 0 radical (unpaired) electrons. The van der Waals surface area contributed by atoms with Gasteiger partial charge in [0.2, 0.25) is 0 Å². The fourth-order valence-electron chi connectivity index (χ4n) is 1.61. The van der Waals surface area contributed by atoms with E-state index in [1.54, 1.807) is 24.3 Å². The highest BCUT2D eigenvalue weighted by atomic mass is 16.5. The Morgan fingerprint density at radius 1 is 1.28 bits per heavy atom. The van der Waals surface area contributed by atoms with E-state index in [0.717, 1.165) is 0 Å². The predicted octanol–water partition coefficient (Wildman–Crippen LogP) is 1.61. The molecule has 0 aliphatic rings. The maximum atomic E-state index is 11.6. The summed E-state index contributed by atoms with van der Waals surface area (Å²) in [4.78, 5) is 11.6. The van der Waals surface area contributed by atoms with Gasteiger partial charge >= 0.3 is 5.97 Å². The van der Waals surface area contributed by atoms with Crippen LogP contribution in [0.25, 0.3) is 0 Å². The summed E-state index contributed by atoms with van der Waals surface area (Å²) in [5, 5.41) is 18.5. The molecule has 2 unspecified atom stereocenters. The summed E-state index contributed by atoms with van der Waals surface area (Å²) >= 11 is 0. The molecule has 0 aliphatic carbocycles. The second-order valence-electron chi connectivity index (χ2n) is 4.35. The Morgan fingerprint density at radius 3 is 2.56 bits per heavy atom. The van der Waals surface area contributed by atoms with E-state index in [1.165, 1.54) is 0 Å². The summed E-state index contributed by atoms with van der Waals surface area (Å²) < 4.78 is 5.07. The van der Waals surface area contributed by atoms with Gasteiger partial charge in [-0.3, -0.25) is 0 Å². The SMILES string of the molecule is CC(CCO)C(O)CCOC(=O)c1ccccc1. The molecule has 0 aromatic heterocycles. The summed E-state index contributed by atoms with van der Waals surface area (Å²) in [6.45, 7) is 2.10. The molecule has 18 heavy (non-hydrogen) atoms. The lowest BCUT2D eigenvalue weighted by Gasteiger charge is -2.17. The van der Waals surface area contributed by atoms with Crippen molar-refractivity contribution in [2.24, 2.45) is 5.92 Å². The average molecular weight is 252 g/mol. The minimum Gasteiger partial charge on any atom is -0.462 e. The first kappa shape index (κ1) is 14.7. The minimum atomic E-state index is -0.555. The third kappa shape index (κ3) is 4.85. The fraction of sp³-hybridized carbons (Fsp3) is 0.500. The number of aliphatic hydroxyl groups excluding tert-OH is 2. The summed E-state index contributed by atoms with van der Waals surface area (Å²) in [6.07, 6.45) is 0.383.